The lowest BCUT2D eigenvalue weighted by Crippen LogP contribution is -2.19. The van der Waals surface area contributed by atoms with Gasteiger partial charge in [0.15, 0.2) is 0 Å². The first kappa shape index (κ1) is 13.3. The molecule has 0 N–H and O–H groups in total. The summed E-state index contributed by atoms with van der Waals surface area (Å²) in [6.45, 7) is 11.3. The quantitative estimate of drug-likeness (QED) is 0.543. The van der Waals surface area contributed by atoms with E-state index in [4.69, 9.17) is 11.6 Å². The van der Waals surface area contributed by atoms with Crippen LogP contribution in [0.15, 0.2) is 0 Å². The number of alkyl halides is 1. The monoisotopic (exact) mass is 204 g/mol. The molecule has 80 valence electrons. The van der Waals surface area contributed by atoms with Crippen molar-refractivity contribution in [2.24, 2.45) is 11.3 Å². The molecule has 0 spiro atoms. The standard InChI is InChI=1S/C12H25Cl/c1-6-11(7-2)9-12(4,5)8-10(3)13/h10-11H,6-9H2,1-5H3. The normalized spacial score (nSPS) is 15.0. The van der Waals surface area contributed by atoms with Gasteiger partial charge in [-0.15, -0.1) is 11.6 Å². The van der Waals surface area contributed by atoms with E-state index in [0.29, 0.717) is 10.8 Å². The zero-order chi connectivity index (χ0) is 10.5. The molecule has 0 saturated carbocycles. The van der Waals surface area contributed by atoms with E-state index in [2.05, 4.69) is 34.6 Å². The molecule has 0 heterocycles. The van der Waals surface area contributed by atoms with Crippen LogP contribution in [0.2, 0.25) is 0 Å². The van der Waals surface area contributed by atoms with E-state index in [9.17, 15) is 0 Å². The molecule has 0 saturated heterocycles. The van der Waals surface area contributed by atoms with E-state index < -0.39 is 0 Å². The highest BCUT2D eigenvalue weighted by Crippen LogP contribution is 2.34. The Hall–Kier alpha value is 0.290. The van der Waals surface area contributed by atoms with Gasteiger partial charge in [0.1, 0.15) is 0 Å². The summed E-state index contributed by atoms with van der Waals surface area (Å²) in [5, 5.41) is 0.310. The summed E-state index contributed by atoms with van der Waals surface area (Å²) >= 11 is 6.03. The minimum atomic E-state index is 0.310. The van der Waals surface area contributed by atoms with Gasteiger partial charge < -0.3 is 0 Å². The molecule has 0 aromatic heterocycles. The molecule has 0 radical (unpaired) electrons. The van der Waals surface area contributed by atoms with Gasteiger partial charge in [0.05, 0.1) is 0 Å². The fourth-order valence-corrected chi connectivity index (χ4v) is 2.62. The second kappa shape index (κ2) is 5.90. The van der Waals surface area contributed by atoms with Gasteiger partial charge in [0.2, 0.25) is 0 Å². The van der Waals surface area contributed by atoms with Crippen molar-refractivity contribution in [2.75, 3.05) is 0 Å². The van der Waals surface area contributed by atoms with Crippen LogP contribution in [-0.4, -0.2) is 5.38 Å². The van der Waals surface area contributed by atoms with Crippen molar-refractivity contribution in [1.29, 1.82) is 0 Å². The maximum atomic E-state index is 6.03. The third kappa shape index (κ3) is 6.37. The van der Waals surface area contributed by atoms with Crippen LogP contribution >= 0.6 is 11.6 Å². The summed E-state index contributed by atoms with van der Waals surface area (Å²) in [5.41, 5.74) is 0.415. The molecule has 1 unspecified atom stereocenters. The van der Waals surface area contributed by atoms with Gasteiger partial charge in [-0.1, -0.05) is 40.5 Å². The van der Waals surface area contributed by atoms with Crippen molar-refractivity contribution in [3.63, 3.8) is 0 Å². The molecule has 1 atom stereocenters. The lowest BCUT2D eigenvalue weighted by Gasteiger charge is -2.29. The Balaban J connectivity index is 3.98. The van der Waals surface area contributed by atoms with Crippen LogP contribution < -0.4 is 0 Å². The molecular weight excluding hydrogens is 180 g/mol. The molecule has 0 aliphatic rings. The molecule has 0 aliphatic carbocycles. The van der Waals surface area contributed by atoms with Crippen LogP contribution in [0, 0.1) is 11.3 Å². The lowest BCUT2D eigenvalue weighted by atomic mass is 9.77. The highest BCUT2D eigenvalue weighted by atomic mass is 35.5. The van der Waals surface area contributed by atoms with Gasteiger partial charge in [-0.3, -0.25) is 0 Å². The van der Waals surface area contributed by atoms with Gasteiger partial charge in [-0.2, -0.15) is 0 Å². The van der Waals surface area contributed by atoms with E-state index in [1.165, 1.54) is 19.3 Å². The number of hydrogen-bond acceptors (Lipinski definition) is 0. The van der Waals surface area contributed by atoms with Crippen LogP contribution in [0.5, 0.6) is 0 Å². The maximum absolute atomic E-state index is 6.03. The predicted octanol–water partition coefficient (Wildman–Crippen LogP) is 4.86. The first-order valence-electron chi connectivity index (χ1n) is 5.55. The van der Waals surface area contributed by atoms with Crippen LogP contribution in [0.1, 0.15) is 60.3 Å². The number of hydrogen-bond donors (Lipinski definition) is 0. The summed E-state index contributed by atoms with van der Waals surface area (Å²) in [7, 11) is 0. The Kier molecular flexibility index (Phi) is 6.04. The fraction of sp³-hybridized carbons (Fsp3) is 1.00. The summed E-state index contributed by atoms with van der Waals surface area (Å²) in [6, 6.07) is 0. The van der Waals surface area contributed by atoms with Crippen LogP contribution in [-0.2, 0) is 0 Å². The second-order valence-corrected chi connectivity index (χ2v) is 5.78. The largest absolute Gasteiger partial charge is 0.123 e. The van der Waals surface area contributed by atoms with Crippen molar-refractivity contribution in [2.45, 2.75) is 65.7 Å². The van der Waals surface area contributed by atoms with Crippen LogP contribution in [0.4, 0.5) is 0 Å². The minimum absolute atomic E-state index is 0.310. The first-order chi connectivity index (χ1) is 5.91. The summed E-state index contributed by atoms with van der Waals surface area (Å²) in [5.74, 6) is 0.880. The Bertz CT molecular complexity index is 123. The van der Waals surface area contributed by atoms with Gasteiger partial charge >= 0.3 is 0 Å². The van der Waals surface area contributed by atoms with E-state index in [0.717, 1.165) is 12.3 Å². The molecule has 0 amide bonds. The summed E-state index contributed by atoms with van der Waals surface area (Å²) in [4.78, 5) is 0. The summed E-state index contributed by atoms with van der Waals surface area (Å²) < 4.78 is 0. The van der Waals surface area contributed by atoms with Gasteiger partial charge in [0, 0.05) is 5.38 Å². The molecule has 0 nitrogen and oxygen atoms in total. The van der Waals surface area contributed by atoms with Crippen molar-refractivity contribution in [3.05, 3.63) is 0 Å². The van der Waals surface area contributed by atoms with Crippen molar-refractivity contribution >= 4 is 11.6 Å². The van der Waals surface area contributed by atoms with Crippen molar-refractivity contribution < 1.29 is 0 Å². The third-order valence-electron chi connectivity index (χ3n) is 2.83. The molecule has 13 heavy (non-hydrogen) atoms. The summed E-state index contributed by atoms with van der Waals surface area (Å²) in [6.07, 6.45) is 5.05. The smallest absolute Gasteiger partial charge is 0.0312 e. The lowest BCUT2D eigenvalue weighted by molar-refractivity contribution is 0.238. The predicted molar refractivity (Wildman–Crippen MR) is 62.4 cm³/mol. The molecule has 0 aromatic rings. The van der Waals surface area contributed by atoms with E-state index in [1.54, 1.807) is 0 Å². The topological polar surface area (TPSA) is 0 Å². The molecule has 0 fully saturated rings. The fourth-order valence-electron chi connectivity index (χ4n) is 2.20. The third-order valence-corrected chi connectivity index (χ3v) is 2.98. The van der Waals surface area contributed by atoms with E-state index in [1.807, 2.05) is 0 Å². The Morgan fingerprint density at radius 2 is 1.54 bits per heavy atom. The number of halogens is 1. The van der Waals surface area contributed by atoms with E-state index in [-0.39, 0.29) is 0 Å². The minimum Gasteiger partial charge on any atom is -0.123 e. The van der Waals surface area contributed by atoms with Gasteiger partial charge in [-0.05, 0) is 31.1 Å². The Morgan fingerprint density at radius 3 is 1.85 bits per heavy atom. The van der Waals surface area contributed by atoms with Crippen molar-refractivity contribution in [1.82, 2.24) is 0 Å². The van der Waals surface area contributed by atoms with Gasteiger partial charge in [-0.25, -0.2) is 0 Å². The average molecular weight is 205 g/mol. The average Bonchev–Trinajstić information content (AvgIpc) is 1.97. The maximum Gasteiger partial charge on any atom is 0.0312 e. The zero-order valence-corrected chi connectivity index (χ0v) is 10.6. The molecule has 0 rings (SSSR count). The van der Waals surface area contributed by atoms with Gasteiger partial charge in [0.25, 0.3) is 0 Å². The highest BCUT2D eigenvalue weighted by Gasteiger charge is 2.23. The Morgan fingerprint density at radius 1 is 1.08 bits per heavy atom. The number of rotatable bonds is 6. The highest BCUT2D eigenvalue weighted by molar-refractivity contribution is 6.20. The van der Waals surface area contributed by atoms with Crippen LogP contribution in [0.3, 0.4) is 0 Å². The molecule has 0 aliphatic heterocycles. The molecular formula is C12H25Cl. The molecule has 0 bridgehead atoms. The first-order valence-corrected chi connectivity index (χ1v) is 5.99. The zero-order valence-electron chi connectivity index (χ0n) is 9.86. The van der Waals surface area contributed by atoms with Crippen molar-refractivity contribution in [3.8, 4) is 0 Å². The molecule has 0 aromatic carbocycles. The van der Waals surface area contributed by atoms with Crippen LogP contribution in [0.25, 0.3) is 0 Å². The van der Waals surface area contributed by atoms with E-state index >= 15 is 0 Å². The molecule has 1 heteroatoms. The second-order valence-electron chi connectivity index (χ2n) is 5.04. The Labute approximate surface area is 89.1 Å². The SMILES string of the molecule is CCC(CC)CC(C)(C)CC(C)Cl.